The molecule has 2 rings (SSSR count). The van der Waals surface area contributed by atoms with Gasteiger partial charge in [-0.25, -0.2) is 0 Å². The van der Waals surface area contributed by atoms with Crippen LogP contribution in [0.15, 0.2) is 12.3 Å². The van der Waals surface area contributed by atoms with Crippen LogP contribution in [0.2, 0.25) is 0 Å². The number of nitrogens with one attached hydrogen (secondary N) is 1. The molecule has 3 nitrogen and oxygen atoms in total. The summed E-state index contributed by atoms with van der Waals surface area (Å²) in [5.41, 5.74) is 1.23. The number of likely N-dealkylation sites (N-methyl/N-ethyl adjacent to an activating group) is 1. The van der Waals surface area contributed by atoms with Gasteiger partial charge in [-0.3, -0.25) is 4.68 Å². The van der Waals surface area contributed by atoms with Gasteiger partial charge in [0, 0.05) is 24.7 Å². The summed E-state index contributed by atoms with van der Waals surface area (Å²) >= 11 is 0. The summed E-state index contributed by atoms with van der Waals surface area (Å²) < 4.78 is 2.05. The van der Waals surface area contributed by atoms with Crippen molar-refractivity contribution < 1.29 is 0 Å². The van der Waals surface area contributed by atoms with Crippen LogP contribution in [0.25, 0.3) is 0 Å². The molecule has 1 aliphatic carbocycles. The number of nitrogens with zero attached hydrogens (tertiary/aromatic N) is 2. The molecule has 96 valence electrons. The minimum atomic E-state index is 0.463. The van der Waals surface area contributed by atoms with Crippen LogP contribution in [0.5, 0.6) is 0 Å². The maximum absolute atomic E-state index is 4.65. The third-order valence-corrected chi connectivity index (χ3v) is 3.81. The van der Waals surface area contributed by atoms with Crippen LogP contribution in [0.1, 0.15) is 51.8 Å². The normalized spacial score (nSPS) is 18.4. The molecule has 3 heteroatoms. The molecular weight excluding hydrogens is 210 g/mol. The van der Waals surface area contributed by atoms with E-state index in [9.17, 15) is 0 Å². The molecule has 0 radical (unpaired) electrons. The standard InChI is InChI=1S/C14H25N3/c1-4-15-14(12-6-5-7-12)10-13-8-9-17(16-13)11(2)3/h8-9,11-12,14-15H,4-7,10H2,1-3H3. The maximum atomic E-state index is 4.65. The summed E-state index contributed by atoms with van der Waals surface area (Å²) in [7, 11) is 0. The Bertz CT molecular complexity index is 339. The van der Waals surface area contributed by atoms with Crippen LogP contribution in [0, 0.1) is 5.92 Å². The van der Waals surface area contributed by atoms with Gasteiger partial charge in [0.15, 0.2) is 0 Å². The quantitative estimate of drug-likeness (QED) is 0.821. The van der Waals surface area contributed by atoms with Gasteiger partial charge in [0.2, 0.25) is 0 Å². The van der Waals surface area contributed by atoms with Crippen molar-refractivity contribution in [3.63, 3.8) is 0 Å². The Morgan fingerprint density at radius 3 is 2.71 bits per heavy atom. The summed E-state index contributed by atoms with van der Waals surface area (Å²) in [4.78, 5) is 0. The first kappa shape index (κ1) is 12.6. The fraction of sp³-hybridized carbons (Fsp3) is 0.786. The van der Waals surface area contributed by atoms with Gasteiger partial charge in [0.25, 0.3) is 0 Å². The van der Waals surface area contributed by atoms with E-state index in [1.807, 2.05) is 0 Å². The van der Waals surface area contributed by atoms with E-state index in [4.69, 9.17) is 0 Å². The van der Waals surface area contributed by atoms with E-state index < -0.39 is 0 Å². The van der Waals surface area contributed by atoms with Crippen molar-refractivity contribution in [1.82, 2.24) is 15.1 Å². The zero-order valence-electron chi connectivity index (χ0n) is 11.3. The molecule has 0 bridgehead atoms. The van der Waals surface area contributed by atoms with Crippen molar-refractivity contribution >= 4 is 0 Å². The molecule has 0 saturated heterocycles. The van der Waals surface area contributed by atoms with E-state index in [0.717, 1.165) is 18.9 Å². The molecule has 1 N–H and O–H groups in total. The van der Waals surface area contributed by atoms with Crippen molar-refractivity contribution in [3.05, 3.63) is 18.0 Å². The highest BCUT2D eigenvalue weighted by atomic mass is 15.3. The molecule has 1 atom stereocenters. The van der Waals surface area contributed by atoms with Gasteiger partial charge in [-0.15, -0.1) is 0 Å². The zero-order chi connectivity index (χ0) is 12.3. The third-order valence-electron chi connectivity index (χ3n) is 3.81. The van der Waals surface area contributed by atoms with E-state index in [1.165, 1.54) is 25.0 Å². The van der Waals surface area contributed by atoms with Gasteiger partial charge < -0.3 is 5.32 Å². The second-order valence-corrected chi connectivity index (χ2v) is 5.44. The molecule has 1 aliphatic rings. The van der Waals surface area contributed by atoms with Crippen molar-refractivity contribution in [2.24, 2.45) is 5.92 Å². The Morgan fingerprint density at radius 2 is 2.24 bits per heavy atom. The Labute approximate surface area is 105 Å². The zero-order valence-corrected chi connectivity index (χ0v) is 11.3. The smallest absolute Gasteiger partial charge is 0.0640 e. The SMILES string of the molecule is CCNC(Cc1ccn(C(C)C)n1)C1CCC1. The van der Waals surface area contributed by atoms with E-state index in [0.29, 0.717) is 12.1 Å². The Morgan fingerprint density at radius 1 is 1.47 bits per heavy atom. The second kappa shape index (κ2) is 5.67. The molecule has 1 heterocycles. The van der Waals surface area contributed by atoms with E-state index in [2.05, 4.69) is 48.1 Å². The number of hydrogen-bond donors (Lipinski definition) is 1. The summed E-state index contributed by atoms with van der Waals surface area (Å²) in [5, 5.41) is 8.27. The summed E-state index contributed by atoms with van der Waals surface area (Å²) in [6.07, 6.45) is 7.38. The lowest BCUT2D eigenvalue weighted by Crippen LogP contribution is -2.41. The van der Waals surface area contributed by atoms with E-state index in [1.54, 1.807) is 0 Å². The maximum Gasteiger partial charge on any atom is 0.0640 e. The van der Waals surface area contributed by atoms with Crippen LogP contribution >= 0.6 is 0 Å². The van der Waals surface area contributed by atoms with Crippen molar-refractivity contribution in [2.45, 2.75) is 58.5 Å². The molecule has 1 aromatic rings. The topological polar surface area (TPSA) is 29.9 Å². The third kappa shape index (κ3) is 3.09. The molecular formula is C14H25N3. The number of aromatic nitrogens is 2. The summed E-state index contributed by atoms with van der Waals surface area (Å²) in [5.74, 6) is 0.874. The van der Waals surface area contributed by atoms with Gasteiger partial charge in [-0.2, -0.15) is 5.10 Å². The molecule has 1 saturated carbocycles. The summed E-state index contributed by atoms with van der Waals surface area (Å²) in [6.45, 7) is 7.60. The Kier molecular flexibility index (Phi) is 4.21. The lowest BCUT2D eigenvalue weighted by Gasteiger charge is -2.34. The molecule has 1 aromatic heterocycles. The van der Waals surface area contributed by atoms with Crippen LogP contribution in [-0.2, 0) is 6.42 Å². The van der Waals surface area contributed by atoms with Gasteiger partial charge in [0.05, 0.1) is 5.69 Å². The molecule has 1 fully saturated rings. The van der Waals surface area contributed by atoms with Crippen LogP contribution in [-0.4, -0.2) is 22.4 Å². The first-order valence-electron chi connectivity index (χ1n) is 6.98. The first-order valence-corrected chi connectivity index (χ1v) is 6.98. The predicted octanol–water partition coefficient (Wildman–Crippen LogP) is 2.78. The average molecular weight is 235 g/mol. The van der Waals surface area contributed by atoms with Gasteiger partial charge >= 0.3 is 0 Å². The minimum absolute atomic E-state index is 0.463. The van der Waals surface area contributed by atoms with Crippen molar-refractivity contribution in [3.8, 4) is 0 Å². The molecule has 1 unspecified atom stereocenters. The molecule has 17 heavy (non-hydrogen) atoms. The molecule has 0 amide bonds. The van der Waals surface area contributed by atoms with Crippen LogP contribution in [0.3, 0.4) is 0 Å². The fourth-order valence-corrected chi connectivity index (χ4v) is 2.51. The number of hydrogen-bond acceptors (Lipinski definition) is 2. The lowest BCUT2D eigenvalue weighted by atomic mass is 9.78. The average Bonchev–Trinajstić information content (AvgIpc) is 2.64. The van der Waals surface area contributed by atoms with Gasteiger partial charge in [0.1, 0.15) is 0 Å². The van der Waals surface area contributed by atoms with Gasteiger partial charge in [-0.1, -0.05) is 13.3 Å². The Hall–Kier alpha value is -0.830. The molecule has 0 spiro atoms. The highest BCUT2D eigenvalue weighted by Gasteiger charge is 2.27. The highest BCUT2D eigenvalue weighted by Crippen LogP contribution is 2.30. The second-order valence-electron chi connectivity index (χ2n) is 5.44. The minimum Gasteiger partial charge on any atom is -0.314 e. The van der Waals surface area contributed by atoms with E-state index >= 15 is 0 Å². The van der Waals surface area contributed by atoms with Crippen LogP contribution in [0.4, 0.5) is 0 Å². The summed E-state index contributed by atoms with van der Waals surface area (Å²) in [6, 6.07) is 3.26. The fourth-order valence-electron chi connectivity index (χ4n) is 2.51. The van der Waals surface area contributed by atoms with Crippen LogP contribution < -0.4 is 5.32 Å². The van der Waals surface area contributed by atoms with Crippen molar-refractivity contribution in [2.75, 3.05) is 6.54 Å². The predicted molar refractivity (Wildman–Crippen MR) is 71.1 cm³/mol. The Balaban J connectivity index is 1.95. The molecule has 0 aromatic carbocycles. The molecule has 0 aliphatic heterocycles. The number of rotatable bonds is 6. The van der Waals surface area contributed by atoms with Crippen molar-refractivity contribution in [1.29, 1.82) is 0 Å². The van der Waals surface area contributed by atoms with E-state index in [-0.39, 0.29) is 0 Å². The monoisotopic (exact) mass is 235 g/mol. The first-order chi connectivity index (χ1) is 8.20. The highest BCUT2D eigenvalue weighted by molar-refractivity contribution is 5.03. The van der Waals surface area contributed by atoms with Gasteiger partial charge in [-0.05, 0) is 45.2 Å². The lowest BCUT2D eigenvalue weighted by molar-refractivity contribution is 0.228. The largest absolute Gasteiger partial charge is 0.314 e.